The van der Waals surface area contributed by atoms with Gasteiger partial charge in [-0.3, -0.25) is 0 Å². The summed E-state index contributed by atoms with van der Waals surface area (Å²) in [5.41, 5.74) is 3.83. The molecule has 3 aromatic carbocycles. The van der Waals surface area contributed by atoms with Gasteiger partial charge in [-0.15, -0.1) is 0 Å². The van der Waals surface area contributed by atoms with E-state index in [2.05, 4.69) is 25.2 Å². The van der Waals surface area contributed by atoms with Gasteiger partial charge in [-0.25, -0.2) is 8.78 Å². The van der Waals surface area contributed by atoms with Gasteiger partial charge >= 0.3 is 0 Å². The maximum atomic E-state index is 15.2. The Morgan fingerprint density at radius 1 is 0.769 bits per heavy atom. The lowest BCUT2D eigenvalue weighted by atomic mass is 9.70. The Bertz CT molecular complexity index is 1350. The Morgan fingerprint density at radius 2 is 1.44 bits per heavy atom. The van der Waals surface area contributed by atoms with Crippen molar-refractivity contribution in [3.05, 3.63) is 95.8 Å². The number of rotatable bonds is 7. The molecule has 0 amide bonds. The molecule has 2 aliphatic carbocycles. The minimum atomic E-state index is -1.27. The van der Waals surface area contributed by atoms with Gasteiger partial charge in [0.2, 0.25) is 5.82 Å². The zero-order chi connectivity index (χ0) is 27.4. The summed E-state index contributed by atoms with van der Waals surface area (Å²) in [5.74, 6) is -0.923. The first-order valence-electron chi connectivity index (χ1n) is 14.3. The number of halogens is 3. The Labute approximate surface area is 230 Å². The molecular weight excluding hydrogens is 493 g/mol. The fraction of sp³-hybridized carbons (Fsp3) is 0.371. The zero-order valence-electron chi connectivity index (χ0n) is 22.6. The molecule has 5 rings (SSSR count). The molecule has 0 aliphatic heterocycles. The molecule has 0 spiro atoms. The highest BCUT2D eigenvalue weighted by Crippen LogP contribution is 2.42. The predicted octanol–water partition coefficient (Wildman–Crippen LogP) is 10.5. The molecule has 1 fully saturated rings. The molecule has 1 nitrogen and oxygen atoms in total. The Balaban J connectivity index is 1.22. The van der Waals surface area contributed by atoms with Crippen molar-refractivity contribution in [2.24, 2.45) is 17.8 Å². The summed E-state index contributed by atoms with van der Waals surface area (Å²) in [6.07, 6.45) is 18.0. The van der Waals surface area contributed by atoms with E-state index in [9.17, 15) is 13.9 Å². The lowest BCUT2D eigenvalue weighted by Gasteiger charge is -2.35. The van der Waals surface area contributed by atoms with Gasteiger partial charge in [0.1, 0.15) is 5.82 Å². The number of hydrogen-bond acceptors (Lipinski definition) is 1. The molecule has 1 atom stereocenters. The molecule has 4 heteroatoms. The standard InChI is InChI=1S/C35H37F3O/c1-2-3-4-5-23-6-8-24(9-7-23)25-10-12-26(13-11-25)29-18-19-30(32(36)22-29)27-14-16-28(17-15-27)31-20-21-33(39)35(38)34(31)37/h2-3,12,14-25,39H,4-11,13H2,1H3/b3-2+. The van der Waals surface area contributed by atoms with E-state index in [-0.39, 0.29) is 11.4 Å². The van der Waals surface area contributed by atoms with Crippen molar-refractivity contribution in [1.29, 1.82) is 0 Å². The molecule has 0 aromatic heterocycles. The molecule has 0 saturated heterocycles. The number of hydrogen-bond donors (Lipinski definition) is 1. The van der Waals surface area contributed by atoms with Crippen molar-refractivity contribution >= 4 is 5.57 Å². The van der Waals surface area contributed by atoms with E-state index in [1.54, 1.807) is 30.3 Å². The maximum absolute atomic E-state index is 15.2. The van der Waals surface area contributed by atoms with Crippen LogP contribution in [0.2, 0.25) is 0 Å². The van der Waals surface area contributed by atoms with Gasteiger partial charge in [0.05, 0.1) is 0 Å². The molecule has 0 radical (unpaired) electrons. The second-order valence-corrected chi connectivity index (χ2v) is 11.2. The van der Waals surface area contributed by atoms with Gasteiger partial charge in [0.15, 0.2) is 11.6 Å². The Hall–Kier alpha value is -3.27. The van der Waals surface area contributed by atoms with Gasteiger partial charge in [-0.05, 0) is 110 Å². The number of allylic oxidation sites excluding steroid dienone is 4. The molecule has 2 aliphatic rings. The van der Waals surface area contributed by atoms with Crippen LogP contribution in [0.3, 0.4) is 0 Å². The molecule has 39 heavy (non-hydrogen) atoms. The first-order valence-corrected chi connectivity index (χ1v) is 14.3. The van der Waals surface area contributed by atoms with E-state index in [0.717, 1.165) is 42.2 Å². The lowest BCUT2D eigenvalue weighted by molar-refractivity contribution is 0.190. The van der Waals surface area contributed by atoms with E-state index in [1.165, 1.54) is 56.6 Å². The first kappa shape index (κ1) is 27.3. The molecule has 1 N–H and O–H groups in total. The van der Waals surface area contributed by atoms with Crippen LogP contribution in [0.5, 0.6) is 5.75 Å². The molecule has 204 valence electrons. The van der Waals surface area contributed by atoms with Gasteiger partial charge in [-0.1, -0.05) is 67.5 Å². The van der Waals surface area contributed by atoms with E-state index in [1.807, 2.05) is 12.1 Å². The maximum Gasteiger partial charge on any atom is 0.200 e. The third kappa shape index (κ3) is 6.16. The second-order valence-electron chi connectivity index (χ2n) is 11.2. The van der Waals surface area contributed by atoms with Crippen LogP contribution in [0.25, 0.3) is 27.8 Å². The van der Waals surface area contributed by atoms with Gasteiger partial charge < -0.3 is 5.11 Å². The van der Waals surface area contributed by atoms with Crippen LogP contribution < -0.4 is 0 Å². The minimum Gasteiger partial charge on any atom is -0.505 e. The number of aromatic hydroxyl groups is 1. The van der Waals surface area contributed by atoms with Crippen LogP contribution in [-0.2, 0) is 0 Å². The van der Waals surface area contributed by atoms with Crippen LogP contribution >= 0.6 is 0 Å². The summed E-state index contributed by atoms with van der Waals surface area (Å²) in [6, 6.07) is 14.6. The zero-order valence-corrected chi connectivity index (χ0v) is 22.6. The molecular formula is C35H37F3O. The highest BCUT2D eigenvalue weighted by Gasteiger charge is 2.28. The van der Waals surface area contributed by atoms with Crippen molar-refractivity contribution in [1.82, 2.24) is 0 Å². The SMILES string of the molecule is C/C=C/CCC1CCC(C2CC=C(c3ccc(-c4ccc(-c5ccc(O)c(F)c5F)cc4)c(F)c3)CC2)CC1. The molecule has 1 saturated carbocycles. The average molecular weight is 531 g/mol. The topological polar surface area (TPSA) is 20.2 Å². The second kappa shape index (κ2) is 12.3. The summed E-state index contributed by atoms with van der Waals surface area (Å²) >= 11 is 0. The summed E-state index contributed by atoms with van der Waals surface area (Å²) in [6.45, 7) is 2.10. The number of benzene rings is 3. The highest BCUT2D eigenvalue weighted by atomic mass is 19.2. The third-order valence-corrected chi connectivity index (χ3v) is 8.90. The van der Waals surface area contributed by atoms with Gasteiger partial charge in [-0.2, -0.15) is 4.39 Å². The summed E-state index contributed by atoms with van der Waals surface area (Å²) in [5, 5.41) is 9.36. The molecule has 1 unspecified atom stereocenters. The van der Waals surface area contributed by atoms with Crippen molar-refractivity contribution in [2.75, 3.05) is 0 Å². The van der Waals surface area contributed by atoms with Crippen molar-refractivity contribution in [3.63, 3.8) is 0 Å². The van der Waals surface area contributed by atoms with Crippen molar-refractivity contribution < 1.29 is 18.3 Å². The van der Waals surface area contributed by atoms with Gasteiger partial charge in [0.25, 0.3) is 0 Å². The van der Waals surface area contributed by atoms with E-state index >= 15 is 4.39 Å². The Kier molecular flexibility index (Phi) is 8.60. The van der Waals surface area contributed by atoms with Crippen LogP contribution in [0.15, 0.2) is 72.8 Å². The van der Waals surface area contributed by atoms with Gasteiger partial charge in [0, 0.05) is 11.1 Å². The molecule has 0 heterocycles. The summed E-state index contributed by atoms with van der Waals surface area (Å²) < 4.78 is 43.2. The smallest absolute Gasteiger partial charge is 0.200 e. The highest BCUT2D eigenvalue weighted by molar-refractivity contribution is 5.74. The fourth-order valence-electron chi connectivity index (χ4n) is 6.53. The fourth-order valence-corrected chi connectivity index (χ4v) is 6.53. The molecule has 0 bridgehead atoms. The van der Waals surface area contributed by atoms with Crippen molar-refractivity contribution in [3.8, 4) is 28.0 Å². The van der Waals surface area contributed by atoms with E-state index < -0.39 is 17.4 Å². The average Bonchev–Trinajstić information content (AvgIpc) is 2.97. The van der Waals surface area contributed by atoms with Crippen LogP contribution in [0.4, 0.5) is 13.2 Å². The lowest BCUT2D eigenvalue weighted by Crippen LogP contribution is -2.23. The normalized spacial score (nSPS) is 21.7. The van der Waals surface area contributed by atoms with Crippen LogP contribution in [-0.4, -0.2) is 5.11 Å². The quantitative estimate of drug-likeness (QED) is 0.301. The number of phenols is 1. The monoisotopic (exact) mass is 530 g/mol. The summed E-state index contributed by atoms with van der Waals surface area (Å²) in [7, 11) is 0. The summed E-state index contributed by atoms with van der Waals surface area (Å²) in [4.78, 5) is 0. The molecule has 3 aromatic rings. The minimum absolute atomic E-state index is 0.0488. The Morgan fingerprint density at radius 3 is 2.08 bits per heavy atom. The van der Waals surface area contributed by atoms with E-state index in [0.29, 0.717) is 16.7 Å². The van der Waals surface area contributed by atoms with Crippen LogP contribution in [0, 0.1) is 35.2 Å². The third-order valence-electron chi connectivity index (χ3n) is 8.90. The van der Waals surface area contributed by atoms with E-state index in [4.69, 9.17) is 0 Å². The first-order chi connectivity index (χ1) is 18.9. The predicted molar refractivity (Wildman–Crippen MR) is 154 cm³/mol. The largest absolute Gasteiger partial charge is 0.505 e. The number of phenolic OH excluding ortho intramolecular Hbond substituents is 1. The van der Waals surface area contributed by atoms with Crippen LogP contribution in [0.1, 0.15) is 70.3 Å². The van der Waals surface area contributed by atoms with Crippen molar-refractivity contribution in [2.45, 2.75) is 64.7 Å².